The second-order valence-corrected chi connectivity index (χ2v) is 14.0. The highest BCUT2D eigenvalue weighted by molar-refractivity contribution is 6.12. The fourth-order valence-electron chi connectivity index (χ4n) is 8.54. The van der Waals surface area contributed by atoms with Crippen LogP contribution >= 0.6 is 0 Å². The zero-order valence-electron chi connectivity index (χ0n) is 28.7. The normalized spacial score (nSPS) is 13.3. The maximum Gasteiger partial charge on any atom is 0.164 e. The van der Waals surface area contributed by atoms with Crippen molar-refractivity contribution in [1.82, 2.24) is 15.0 Å². The summed E-state index contributed by atoms with van der Waals surface area (Å²) in [5.41, 5.74) is 12.1. The van der Waals surface area contributed by atoms with Crippen molar-refractivity contribution in [3.05, 3.63) is 151 Å². The van der Waals surface area contributed by atoms with Crippen LogP contribution in [0.4, 0.5) is 0 Å². The zero-order valence-corrected chi connectivity index (χ0v) is 28.7. The third kappa shape index (κ3) is 4.48. The molecule has 6 aromatic carbocycles. The van der Waals surface area contributed by atoms with E-state index < -0.39 is 0 Å². The lowest BCUT2D eigenvalue weighted by Crippen LogP contribution is -2.37. The zero-order chi connectivity index (χ0) is 34.0. The number of rotatable bonds is 6. The number of para-hydroxylation sites is 1. The maximum absolute atomic E-state index is 7.08. The number of aromatic nitrogens is 3. The monoisotopic (exact) mass is 647 g/mol. The van der Waals surface area contributed by atoms with Gasteiger partial charge >= 0.3 is 0 Å². The summed E-state index contributed by atoms with van der Waals surface area (Å²) in [6, 6.07) is 48.7. The van der Waals surface area contributed by atoms with Gasteiger partial charge in [0.2, 0.25) is 0 Å². The van der Waals surface area contributed by atoms with Crippen molar-refractivity contribution in [2.24, 2.45) is 11.8 Å². The van der Waals surface area contributed by atoms with Crippen LogP contribution in [-0.4, -0.2) is 15.0 Å². The molecule has 0 saturated carbocycles. The van der Waals surface area contributed by atoms with Gasteiger partial charge in [-0.15, -0.1) is 0 Å². The Kier molecular flexibility index (Phi) is 7.03. The summed E-state index contributed by atoms with van der Waals surface area (Å²) >= 11 is 0. The Labute approximate surface area is 292 Å². The highest BCUT2D eigenvalue weighted by atomic mass is 16.3. The van der Waals surface area contributed by atoms with Crippen molar-refractivity contribution in [3.63, 3.8) is 0 Å². The van der Waals surface area contributed by atoms with E-state index in [0.29, 0.717) is 29.3 Å². The maximum atomic E-state index is 7.08. The molecule has 4 heteroatoms. The minimum atomic E-state index is -0.150. The number of benzene rings is 6. The minimum Gasteiger partial charge on any atom is -0.455 e. The van der Waals surface area contributed by atoms with Crippen molar-refractivity contribution in [1.29, 1.82) is 0 Å². The first-order valence-corrected chi connectivity index (χ1v) is 17.5. The fraction of sp³-hybridized carbons (Fsp3) is 0.152. The Morgan fingerprint density at radius 3 is 1.52 bits per heavy atom. The van der Waals surface area contributed by atoms with Gasteiger partial charge in [0.1, 0.15) is 11.2 Å². The average Bonchev–Trinajstić information content (AvgIpc) is 3.70. The molecule has 50 heavy (non-hydrogen) atoms. The Morgan fingerprint density at radius 1 is 0.420 bits per heavy atom. The summed E-state index contributed by atoms with van der Waals surface area (Å²) in [6.07, 6.45) is 0. The van der Waals surface area contributed by atoms with Gasteiger partial charge in [-0.05, 0) is 40.2 Å². The van der Waals surface area contributed by atoms with Crippen LogP contribution < -0.4 is 0 Å². The van der Waals surface area contributed by atoms with E-state index in [4.69, 9.17) is 19.4 Å². The molecule has 9 rings (SSSR count). The molecule has 1 aliphatic rings. The summed E-state index contributed by atoms with van der Waals surface area (Å²) in [5, 5.41) is 2.31. The van der Waals surface area contributed by atoms with Gasteiger partial charge in [-0.2, -0.15) is 0 Å². The number of fused-ring (bicyclic) bond motifs is 7. The molecule has 2 heterocycles. The van der Waals surface area contributed by atoms with E-state index in [0.717, 1.165) is 44.4 Å². The molecule has 242 valence electrons. The molecule has 0 atom stereocenters. The smallest absolute Gasteiger partial charge is 0.164 e. The van der Waals surface area contributed by atoms with E-state index in [1.54, 1.807) is 0 Å². The van der Waals surface area contributed by atoms with Gasteiger partial charge in [0.25, 0.3) is 0 Å². The number of hydrogen-bond donors (Lipinski definition) is 0. The van der Waals surface area contributed by atoms with E-state index in [2.05, 4.69) is 107 Å². The van der Waals surface area contributed by atoms with Crippen molar-refractivity contribution >= 4 is 21.9 Å². The quantitative estimate of drug-likeness (QED) is 0.180. The predicted octanol–water partition coefficient (Wildman–Crippen LogP) is 12.0. The summed E-state index contributed by atoms with van der Waals surface area (Å²) in [5.74, 6) is 2.71. The average molecular weight is 648 g/mol. The highest BCUT2D eigenvalue weighted by Crippen LogP contribution is 2.59. The second-order valence-electron chi connectivity index (χ2n) is 14.0. The predicted molar refractivity (Wildman–Crippen MR) is 205 cm³/mol. The van der Waals surface area contributed by atoms with Crippen molar-refractivity contribution < 1.29 is 4.42 Å². The van der Waals surface area contributed by atoms with Crippen LogP contribution in [0.1, 0.15) is 38.8 Å². The first-order chi connectivity index (χ1) is 24.4. The molecule has 0 bridgehead atoms. The van der Waals surface area contributed by atoms with E-state index >= 15 is 0 Å². The Morgan fingerprint density at radius 2 is 0.920 bits per heavy atom. The first-order valence-electron chi connectivity index (χ1n) is 17.5. The Balaban J connectivity index is 1.18. The molecular weight excluding hydrogens is 611 g/mol. The van der Waals surface area contributed by atoms with E-state index in [1.807, 2.05) is 60.7 Å². The van der Waals surface area contributed by atoms with Crippen LogP contribution in [0.5, 0.6) is 0 Å². The summed E-state index contributed by atoms with van der Waals surface area (Å²) in [6.45, 7) is 9.44. The van der Waals surface area contributed by atoms with Crippen LogP contribution in [-0.2, 0) is 5.41 Å². The molecular formula is C46H37N3O. The van der Waals surface area contributed by atoms with Gasteiger partial charge in [0.15, 0.2) is 17.5 Å². The summed E-state index contributed by atoms with van der Waals surface area (Å²) in [4.78, 5) is 14.7. The second kappa shape index (κ2) is 11.6. The van der Waals surface area contributed by atoms with Crippen LogP contribution in [0.2, 0.25) is 0 Å². The van der Waals surface area contributed by atoms with Gasteiger partial charge < -0.3 is 4.42 Å². The van der Waals surface area contributed by atoms with Crippen molar-refractivity contribution in [2.45, 2.75) is 33.1 Å². The molecule has 0 unspecified atom stereocenters. The third-order valence-electron chi connectivity index (χ3n) is 10.7. The molecule has 0 fully saturated rings. The Hall–Kier alpha value is -5.87. The molecule has 1 aliphatic carbocycles. The molecule has 0 aliphatic heterocycles. The SMILES string of the molecule is CC(C)C1(C(C)C)c2ccccc2-c2ccc3c(oc4c(-c5ccc(-c6nc(-c7ccccc7)nc(-c7ccccc7)n6)cc5)cccc43)c21. The lowest BCUT2D eigenvalue weighted by molar-refractivity contribution is 0.280. The molecule has 0 amide bonds. The highest BCUT2D eigenvalue weighted by Gasteiger charge is 2.49. The molecule has 0 saturated heterocycles. The number of hydrogen-bond acceptors (Lipinski definition) is 4. The lowest BCUT2D eigenvalue weighted by Gasteiger charge is -2.40. The molecule has 0 spiro atoms. The largest absolute Gasteiger partial charge is 0.455 e. The molecule has 0 N–H and O–H groups in total. The van der Waals surface area contributed by atoms with Gasteiger partial charge in [0, 0.05) is 44.0 Å². The van der Waals surface area contributed by atoms with Crippen LogP contribution in [0, 0.1) is 11.8 Å². The summed E-state index contributed by atoms with van der Waals surface area (Å²) < 4.78 is 7.08. The minimum absolute atomic E-state index is 0.150. The number of nitrogens with zero attached hydrogens (tertiary/aromatic N) is 3. The van der Waals surface area contributed by atoms with Gasteiger partial charge in [-0.3, -0.25) is 0 Å². The third-order valence-corrected chi connectivity index (χ3v) is 10.7. The van der Waals surface area contributed by atoms with Gasteiger partial charge in [-0.1, -0.05) is 161 Å². The lowest BCUT2D eigenvalue weighted by atomic mass is 9.62. The van der Waals surface area contributed by atoms with Gasteiger partial charge in [0.05, 0.1) is 0 Å². The first kappa shape index (κ1) is 30.2. The topological polar surface area (TPSA) is 51.8 Å². The van der Waals surface area contributed by atoms with Crippen molar-refractivity contribution in [2.75, 3.05) is 0 Å². The van der Waals surface area contributed by atoms with E-state index in [1.165, 1.54) is 27.6 Å². The summed E-state index contributed by atoms with van der Waals surface area (Å²) in [7, 11) is 0. The Bertz CT molecular complexity index is 2460. The molecule has 2 aromatic heterocycles. The fourth-order valence-corrected chi connectivity index (χ4v) is 8.54. The van der Waals surface area contributed by atoms with E-state index in [-0.39, 0.29) is 5.41 Å². The van der Waals surface area contributed by atoms with Crippen LogP contribution in [0.25, 0.3) is 78.4 Å². The van der Waals surface area contributed by atoms with Crippen molar-refractivity contribution in [3.8, 4) is 56.4 Å². The van der Waals surface area contributed by atoms with Crippen LogP contribution in [0.3, 0.4) is 0 Å². The van der Waals surface area contributed by atoms with Crippen LogP contribution in [0.15, 0.2) is 144 Å². The van der Waals surface area contributed by atoms with Gasteiger partial charge in [-0.25, -0.2) is 15.0 Å². The number of furan rings is 1. The molecule has 8 aromatic rings. The van der Waals surface area contributed by atoms with E-state index in [9.17, 15) is 0 Å². The molecule has 0 radical (unpaired) electrons. The standard InChI is InChI=1S/C46H37N3O/c1-28(2)46(29(3)4)39-21-12-11-18-35(39)36-26-27-38-37-20-13-19-34(41(37)50-42(38)40(36)46)30-22-24-33(25-23-30)45-48-43(31-14-7-5-8-15-31)47-44(49-45)32-16-9-6-10-17-32/h5-29H,1-4H3. The molecule has 4 nitrogen and oxygen atoms in total.